The Labute approximate surface area is 96.9 Å². The van der Waals surface area contributed by atoms with E-state index in [9.17, 15) is 9.59 Å². The number of rotatable bonds is 0. The standard InChI is InChI=1S/C9H13IN2O2/c10-12-6-5-11-8(14)9(12)3-1-7(13)2-4-9/h1-6H2,(H,11,14). The molecule has 1 saturated carbocycles. The first-order valence-corrected chi connectivity index (χ1v) is 5.85. The molecule has 0 bridgehead atoms. The Morgan fingerprint density at radius 3 is 2.50 bits per heavy atom. The third-order valence-electron chi connectivity index (χ3n) is 3.12. The molecule has 0 radical (unpaired) electrons. The van der Waals surface area contributed by atoms with Gasteiger partial charge in [0.1, 0.15) is 11.3 Å². The third kappa shape index (κ3) is 1.56. The second kappa shape index (κ2) is 3.77. The van der Waals surface area contributed by atoms with Crippen molar-refractivity contribution in [1.29, 1.82) is 0 Å². The van der Waals surface area contributed by atoms with Crippen molar-refractivity contribution in [2.75, 3.05) is 13.1 Å². The molecule has 2 fully saturated rings. The highest BCUT2D eigenvalue weighted by molar-refractivity contribution is 14.1. The molecule has 0 aromatic rings. The van der Waals surface area contributed by atoms with Crippen LogP contribution in [0.2, 0.25) is 0 Å². The van der Waals surface area contributed by atoms with Crippen LogP contribution in [-0.2, 0) is 9.59 Å². The summed E-state index contributed by atoms with van der Waals surface area (Å²) in [6.45, 7) is 1.60. The van der Waals surface area contributed by atoms with Gasteiger partial charge in [-0.25, -0.2) is 3.11 Å². The lowest BCUT2D eigenvalue weighted by atomic mass is 9.79. The van der Waals surface area contributed by atoms with Crippen LogP contribution < -0.4 is 5.32 Å². The molecule has 1 aliphatic carbocycles. The van der Waals surface area contributed by atoms with E-state index in [-0.39, 0.29) is 5.91 Å². The first-order valence-electron chi connectivity index (χ1n) is 4.88. The predicted molar refractivity (Wildman–Crippen MR) is 59.9 cm³/mol. The zero-order valence-corrected chi connectivity index (χ0v) is 10.0. The maximum Gasteiger partial charge on any atom is 0.241 e. The summed E-state index contributed by atoms with van der Waals surface area (Å²) in [7, 11) is 0. The molecule has 1 aliphatic heterocycles. The first kappa shape index (κ1) is 10.4. The summed E-state index contributed by atoms with van der Waals surface area (Å²) in [4.78, 5) is 23.0. The number of nitrogens with zero attached hydrogens (tertiary/aromatic N) is 1. The van der Waals surface area contributed by atoms with Gasteiger partial charge in [0, 0.05) is 48.8 Å². The molecule has 1 saturated heterocycles. The van der Waals surface area contributed by atoms with Crippen LogP contribution in [0.5, 0.6) is 0 Å². The number of piperazine rings is 1. The van der Waals surface area contributed by atoms with E-state index in [1.165, 1.54) is 0 Å². The van der Waals surface area contributed by atoms with Crippen molar-refractivity contribution in [3.8, 4) is 0 Å². The van der Waals surface area contributed by atoms with Gasteiger partial charge in [0.15, 0.2) is 0 Å². The zero-order valence-electron chi connectivity index (χ0n) is 7.88. The van der Waals surface area contributed by atoms with Gasteiger partial charge in [-0.15, -0.1) is 0 Å². The van der Waals surface area contributed by atoms with Crippen molar-refractivity contribution in [2.24, 2.45) is 0 Å². The number of hydrogen-bond acceptors (Lipinski definition) is 3. The second-order valence-corrected chi connectivity index (χ2v) is 5.08. The Morgan fingerprint density at radius 2 is 1.93 bits per heavy atom. The second-order valence-electron chi connectivity index (χ2n) is 3.91. The van der Waals surface area contributed by atoms with E-state index < -0.39 is 5.54 Å². The maximum absolute atomic E-state index is 11.8. The van der Waals surface area contributed by atoms with E-state index in [1.807, 2.05) is 0 Å². The minimum Gasteiger partial charge on any atom is -0.353 e. The summed E-state index contributed by atoms with van der Waals surface area (Å²) in [5.41, 5.74) is -0.396. The van der Waals surface area contributed by atoms with Gasteiger partial charge < -0.3 is 5.32 Å². The lowest BCUT2D eigenvalue weighted by Crippen LogP contribution is -2.62. The van der Waals surface area contributed by atoms with E-state index in [2.05, 4.69) is 31.3 Å². The lowest BCUT2D eigenvalue weighted by molar-refractivity contribution is -0.136. The molecule has 4 nitrogen and oxygen atoms in total. The molecule has 5 heteroatoms. The summed E-state index contributed by atoms with van der Waals surface area (Å²) in [5.74, 6) is 0.393. The summed E-state index contributed by atoms with van der Waals surface area (Å²) in [6.07, 6.45) is 2.46. The zero-order chi connectivity index (χ0) is 10.2. The minimum atomic E-state index is -0.396. The van der Waals surface area contributed by atoms with Gasteiger partial charge in [-0.05, 0) is 12.8 Å². The summed E-state index contributed by atoms with van der Waals surface area (Å²) >= 11 is 2.21. The van der Waals surface area contributed by atoms with Crippen molar-refractivity contribution in [1.82, 2.24) is 8.43 Å². The number of hydrogen-bond donors (Lipinski definition) is 1. The molecular weight excluding hydrogens is 295 g/mol. The molecule has 78 valence electrons. The molecule has 1 heterocycles. The highest BCUT2D eigenvalue weighted by Crippen LogP contribution is 2.36. The number of carbonyl (C=O) groups is 2. The quantitative estimate of drug-likeness (QED) is 0.528. The topological polar surface area (TPSA) is 49.4 Å². The number of halogens is 1. The number of nitrogens with one attached hydrogen (secondary N) is 1. The summed E-state index contributed by atoms with van der Waals surface area (Å²) < 4.78 is 2.08. The largest absolute Gasteiger partial charge is 0.353 e. The fraction of sp³-hybridized carbons (Fsp3) is 0.778. The number of amides is 1. The van der Waals surface area contributed by atoms with Crippen LogP contribution in [0.1, 0.15) is 25.7 Å². The van der Waals surface area contributed by atoms with Gasteiger partial charge in [-0.2, -0.15) is 0 Å². The summed E-state index contributed by atoms with van der Waals surface area (Å²) in [5, 5.41) is 2.89. The van der Waals surface area contributed by atoms with Gasteiger partial charge in [0.05, 0.1) is 0 Å². The van der Waals surface area contributed by atoms with Crippen LogP contribution in [0.25, 0.3) is 0 Å². The van der Waals surface area contributed by atoms with Gasteiger partial charge in [0.25, 0.3) is 0 Å². The van der Waals surface area contributed by atoms with E-state index in [4.69, 9.17) is 0 Å². The van der Waals surface area contributed by atoms with Gasteiger partial charge in [0.2, 0.25) is 5.91 Å². The molecule has 14 heavy (non-hydrogen) atoms. The molecule has 2 aliphatic rings. The van der Waals surface area contributed by atoms with E-state index in [0.29, 0.717) is 31.5 Å². The Morgan fingerprint density at radius 1 is 1.29 bits per heavy atom. The molecule has 1 spiro atoms. The van der Waals surface area contributed by atoms with Gasteiger partial charge in [-0.3, -0.25) is 9.59 Å². The van der Waals surface area contributed by atoms with Crippen LogP contribution >= 0.6 is 22.9 Å². The molecule has 2 rings (SSSR count). The molecule has 0 aromatic heterocycles. The normalized spacial score (nSPS) is 27.8. The minimum absolute atomic E-state index is 0.102. The molecule has 0 unspecified atom stereocenters. The predicted octanol–water partition coefficient (Wildman–Crippen LogP) is 0.650. The molecule has 0 atom stereocenters. The smallest absolute Gasteiger partial charge is 0.241 e. The third-order valence-corrected chi connectivity index (χ3v) is 4.52. The van der Waals surface area contributed by atoms with Crippen LogP contribution in [0, 0.1) is 0 Å². The average Bonchev–Trinajstić information content (AvgIpc) is 2.17. The monoisotopic (exact) mass is 308 g/mol. The first-order chi connectivity index (χ1) is 6.65. The number of ketones is 1. The Bertz CT molecular complexity index is 270. The molecular formula is C9H13IN2O2. The van der Waals surface area contributed by atoms with Crippen molar-refractivity contribution < 1.29 is 9.59 Å². The Hall–Kier alpha value is -0.170. The lowest BCUT2D eigenvalue weighted by Gasteiger charge is -2.44. The van der Waals surface area contributed by atoms with E-state index >= 15 is 0 Å². The average molecular weight is 308 g/mol. The fourth-order valence-electron chi connectivity index (χ4n) is 2.17. The molecule has 0 aromatic carbocycles. The van der Waals surface area contributed by atoms with Crippen molar-refractivity contribution >= 4 is 34.6 Å². The van der Waals surface area contributed by atoms with Crippen LogP contribution in [0.4, 0.5) is 0 Å². The van der Waals surface area contributed by atoms with Gasteiger partial charge in [-0.1, -0.05) is 0 Å². The van der Waals surface area contributed by atoms with E-state index in [1.54, 1.807) is 0 Å². The Balaban J connectivity index is 2.18. The highest BCUT2D eigenvalue weighted by Gasteiger charge is 2.47. The van der Waals surface area contributed by atoms with Crippen molar-refractivity contribution in [3.63, 3.8) is 0 Å². The number of Topliss-reactive ketones (excluding diaryl/α,β-unsaturated/α-hetero) is 1. The van der Waals surface area contributed by atoms with Crippen LogP contribution in [0.15, 0.2) is 0 Å². The molecule has 1 N–H and O–H groups in total. The maximum atomic E-state index is 11.8. The van der Waals surface area contributed by atoms with Gasteiger partial charge >= 0.3 is 0 Å². The van der Waals surface area contributed by atoms with Crippen molar-refractivity contribution in [2.45, 2.75) is 31.2 Å². The van der Waals surface area contributed by atoms with Crippen LogP contribution in [0.3, 0.4) is 0 Å². The van der Waals surface area contributed by atoms with Crippen LogP contribution in [-0.4, -0.2) is 33.4 Å². The fourth-order valence-corrected chi connectivity index (χ4v) is 3.11. The summed E-state index contributed by atoms with van der Waals surface area (Å²) in [6, 6.07) is 0. The Kier molecular flexibility index (Phi) is 2.79. The van der Waals surface area contributed by atoms with Crippen molar-refractivity contribution in [3.05, 3.63) is 0 Å². The SMILES string of the molecule is O=C1CCC2(CC1)C(=O)NCCN2I. The number of carbonyl (C=O) groups excluding carboxylic acids is 2. The van der Waals surface area contributed by atoms with E-state index in [0.717, 1.165) is 13.1 Å². The highest BCUT2D eigenvalue weighted by atomic mass is 127. The molecule has 1 amide bonds.